The van der Waals surface area contributed by atoms with E-state index in [1.54, 1.807) is 0 Å². The smallest absolute Gasteiger partial charge is 0.303 e. The molecule has 3 nitrogen and oxygen atoms in total. The van der Waals surface area contributed by atoms with Crippen molar-refractivity contribution in [2.45, 2.75) is 110 Å². The van der Waals surface area contributed by atoms with Crippen LogP contribution in [0.3, 0.4) is 0 Å². The number of hydrogen-bond acceptors (Lipinski definition) is 2. The largest absolute Gasteiger partial charge is 0.329 e. The average molecular weight is 356 g/mol. The van der Waals surface area contributed by atoms with Gasteiger partial charge in [-0.15, -0.1) is 0 Å². The molecule has 0 rings (SSSR count). The maximum atomic E-state index is 12.1. The van der Waals surface area contributed by atoms with Crippen molar-refractivity contribution >= 4 is 5.91 Å². The van der Waals surface area contributed by atoms with E-state index in [-0.39, 0.29) is 11.9 Å². The fourth-order valence-electron chi connectivity index (χ4n) is 3.31. The van der Waals surface area contributed by atoms with Gasteiger partial charge in [-0.05, 0) is 19.9 Å². The molecule has 3 heteroatoms. The minimum Gasteiger partial charge on any atom is -0.303 e. The molecule has 0 spiro atoms. The van der Waals surface area contributed by atoms with Crippen molar-refractivity contribution in [1.29, 1.82) is 0 Å². The van der Waals surface area contributed by atoms with Crippen LogP contribution in [0.4, 0.5) is 0 Å². The van der Waals surface area contributed by atoms with E-state index in [4.69, 9.17) is 0 Å². The van der Waals surface area contributed by atoms with E-state index in [0.717, 1.165) is 6.54 Å². The molecule has 0 aromatic rings. The number of nitrogens with one attached hydrogen (secondary N) is 1. The van der Waals surface area contributed by atoms with Crippen LogP contribution in [0.2, 0.25) is 0 Å². The lowest BCUT2D eigenvalue weighted by atomic mass is 10.0. The molecule has 150 valence electrons. The molecular formula is C22H47N2O+. The van der Waals surface area contributed by atoms with Crippen molar-refractivity contribution in [2.75, 3.05) is 27.7 Å². The van der Waals surface area contributed by atoms with Crippen LogP contribution in [0.1, 0.15) is 104 Å². The first kappa shape index (κ1) is 24.6. The summed E-state index contributed by atoms with van der Waals surface area (Å²) < 4.78 is 0.396. The van der Waals surface area contributed by atoms with Crippen LogP contribution < -0.4 is 5.32 Å². The monoisotopic (exact) mass is 355 g/mol. The molecule has 0 aromatic heterocycles. The summed E-state index contributed by atoms with van der Waals surface area (Å²) in [6, 6.07) is -0.0398. The first-order valence-corrected chi connectivity index (χ1v) is 11.0. The van der Waals surface area contributed by atoms with Crippen molar-refractivity contribution in [3.05, 3.63) is 0 Å². The molecule has 1 N–H and O–H groups in total. The highest BCUT2D eigenvalue weighted by Gasteiger charge is 2.26. The molecule has 1 atom stereocenters. The van der Waals surface area contributed by atoms with E-state index < -0.39 is 0 Å². The summed E-state index contributed by atoms with van der Waals surface area (Å²) >= 11 is 0. The lowest BCUT2D eigenvalue weighted by Crippen LogP contribution is -2.51. The van der Waals surface area contributed by atoms with Gasteiger partial charge in [0.15, 0.2) is 0 Å². The number of carbonyl (C=O) groups is 1. The normalized spacial score (nSPS) is 13.2. The van der Waals surface area contributed by atoms with Gasteiger partial charge in [0.2, 0.25) is 0 Å². The van der Waals surface area contributed by atoms with Crippen LogP contribution in [0.25, 0.3) is 0 Å². The number of hydrogen-bond donors (Lipinski definition) is 1. The number of amides is 1. The maximum Gasteiger partial charge on any atom is 0.329 e. The topological polar surface area (TPSA) is 29.1 Å². The van der Waals surface area contributed by atoms with Gasteiger partial charge in [0, 0.05) is 0 Å². The first-order chi connectivity index (χ1) is 11.9. The molecule has 0 aliphatic rings. The van der Waals surface area contributed by atoms with Gasteiger partial charge in [-0.25, -0.2) is 4.79 Å². The second kappa shape index (κ2) is 15.8. The van der Waals surface area contributed by atoms with E-state index in [1.807, 2.05) is 28.1 Å². The van der Waals surface area contributed by atoms with Gasteiger partial charge in [-0.1, -0.05) is 90.4 Å². The molecule has 1 unspecified atom stereocenters. The second-order valence-corrected chi connectivity index (χ2v) is 8.62. The number of nitrogens with zero attached hydrogens (tertiary/aromatic N) is 1. The van der Waals surface area contributed by atoms with E-state index in [9.17, 15) is 4.79 Å². The second-order valence-electron chi connectivity index (χ2n) is 8.62. The molecule has 1 amide bonds. The number of unbranched alkanes of at least 4 members (excludes halogenated alkanes) is 13. The fourth-order valence-corrected chi connectivity index (χ4v) is 3.31. The third kappa shape index (κ3) is 15.6. The van der Waals surface area contributed by atoms with Gasteiger partial charge in [0.1, 0.15) is 6.04 Å². The number of rotatable bonds is 17. The zero-order valence-corrected chi connectivity index (χ0v) is 18.0. The molecule has 0 aromatic carbocycles. The number of quaternary nitrogens is 1. The van der Waals surface area contributed by atoms with Crippen molar-refractivity contribution in [1.82, 2.24) is 5.32 Å². The highest BCUT2D eigenvalue weighted by atomic mass is 16.2. The van der Waals surface area contributed by atoms with Crippen LogP contribution in [-0.4, -0.2) is 44.1 Å². The van der Waals surface area contributed by atoms with Crippen LogP contribution >= 0.6 is 0 Å². The van der Waals surface area contributed by atoms with E-state index in [1.165, 1.54) is 89.9 Å². The van der Waals surface area contributed by atoms with Gasteiger partial charge in [0.25, 0.3) is 0 Å². The van der Waals surface area contributed by atoms with Crippen molar-refractivity contribution < 1.29 is 9.28 Å². The fraction of sp³-hybridized carbons (Fsp3) is 0.955. The summed E-state index contributed by atoms with van der Waals surface area (Å²) in [4.78, 5) is 12.1. The Bertz CT molecular complexity index is 310. The first-order valence-electron chi connectivity index (χ1n) is 11.0. The minimum absolute atomic E-state index is 0.0398. The zero-order chi connectivity index (χ0) is 19.0. The van der Waals surface area contributed by atoms with Crippen LogP contribution in [-0.2, 0) is 4.79 Å². The summed E-state index contributed by atoms with van der Waals surface area (Å²) in [5.74, 6) is 0.255. The van der Waals surface area contributed by atoms with E-state index in [0.29, 0.717) is 4.48 Å². The van der Waals surface area contributed by atoms with Gasteiger partial charge >= 0.3 is 5.91 Å². The molecule has 25 heavy (non-hydrogen) atoms. The summed E-state index contributed by atoms with van der Waals surface area (Å²) in [5, 5.41) is 3.37. The molecule has 0 aliphatic carbocycles. The third-order valence-corrected chi connectivity index (χ3v) is 5.01. The summed E-state index contributed by atoms with van der Waals surface area (Å²) in [5.41, 5.74) is 0. The number of likely N-dealkylation sites (N-methyl/N-ethyl adjacent to an activating group) is 1. The minimum atomic E-state index is -0.0398. The summed E-state index contributed by atoms with van der Waals surface area (Å²) in [6.45, 7) is 5.23. The lowest BCUT2D eigenvalue weighted by Gasteiger charge is -2.24. The molecule has 0 radical (unpaired) electrons. The summed E-state index contributed by atoms with van der Waals surface area (Å²) in [7, 11) is 5.81. The Morgan fingerprint density at radius 1 is 0.720 bits per heavy atom. The Kier molecular flexibility index (Phi) is 15.6. The SMILES string of the molecule is CCCCCCCCCCCCCCCCNC(C)C(=O)[N+](C)(C)C. The highest BCUT2D eigenvalue weighted by Crippen LogP contribution is 2.12. The third-order valence-electron chi connectivity index (χ3n) is 5.01. The lowest BCUT2D eigenvalue weighted by molar-refractivity contribution is -0.792. The highest BCUT2D eigenvalue weighted by molar-refractivity contribution is 5.74. The van der Waals surface area contributed by atoms with Gasteiger partial charge < -0.3 is 5.32 Å². The molecule has 0 heterocycles. The quantitative estimate of drug-likeness (QED) is 0.269. The Hall–Kier alpha value is -0.410. The van der Waals surface area contributed by atoms with Crippen LogP contribution in [0.5, 0.6) is 0 Å². The van der Waals surface area contributed by atoms with E-state index in [2.05, 4.69) is 12.2 Å². The molecule has 0 bridgehead atoms. The Morgan fingerprint density at radius 2 is 1.08 bits per heavy atom. The van der Waals surface area contributed by atoms with Gasteiger partial charge in [-0.3, -0.25) is 4.48 Å². The van der Waals surface area contributed by atoms with E-state index >= 15 is 0 Å². The maximum absolute atomic E-state index is 12.1. The van der Waals surface area contributed by atoms with Gasteiger partial charge in [-0.2, -0.15) is 0 Å². The Balaban J connectivity index is 3.25. The molecule has 0 aliphatic heterocycles. The standard InChI is InChI=1S/C22H47N2O/c1-6-7-8-9-10-11-12-13-14-15-16-17-18-19-20-23-21(2)22(25)24(3,4)5/h21,23H,6-20H2,1-5H3/q+1. The Labute approximate surface area is 158 Å². The van der Waals surface area contributed by atoms with Crippen LogP contribution in [0, 0.1) is 0 Å². The summed E-state index contributed by atoms with van der Waals surface area (Å²) in [6.07, 6.45) is 19.4. The van der Waals surface area contributed by atoms with Gasteiger partial charge in [0.05, 0.1) is 21.1 Å². The number of carbonyl (C=O) groups excluding carboxylic acids is 1. The van der Waals surface area contributed by atoms with Crippen molar-refractivity contribution in [3.8, 4) is 0 Å². The van der Waals surface area contributed by atoms with Crippen LogP contribution in [0.15, 0.2) is 0 Å². The predicted molar refractivity (Wildman–Crippen MR) is 111 cm³/mol. The average Bonchev–Trinajstić information content (AvgIpc) is 2.56. The molecule has 0 saturated carbocycles. The molecule has 0 fully saturated rings. The molecular weight excluding hydrogens is 308 g/mol. The Morgan fingerprint density at radius 3 is 1.44 bits per heavy atom. The molecule has 0 saturated heterocycles. The van der Waals surface area contributed by atoms with Crippen molar-refractivity contribution in [3.63, 3.8) is 0 Å². The van der Waals surface area contributed by atoms with Crippen molar-refractivity contribution in [2.24, 2.45) is 0 Å². The predicted octanol–water partition coefficient (Wildman–Crippen LogP) is 5.68. The zero-order valence-electron chi connectivity index (χ0n) is 18.0.